The Bertz CT molecular complexity index is 1020. The van der Waals surface area contributed by atoms with E-state index in [2.05, 4.69) is 10.1 Å². The van der Waals surface area contributed by atoms with Crippen LogP contribution >= 0.6 is 22.9 Å². The molecule has 1 aliphatic rings. The van der Waals surface area contributed by atoms with Gasteiger partial charge in [-0.25, -0.2) is 4.98 Å². The molecule has 0 N–H and O–H groups in total. The number of hydrazone groups is 1. The lowest BCUT2D eigenvalue weighted by Crippen LogP contribution is -2.21. The molecule has 0 unspecified atom stereocenters. The maximum absolute atomic E-state index is 12.8. The third-order valence-electron chi connectivity index (χ3n) is 3.99. The fraction of sp³-hybridized carbons (Fsp3) is 0.0500. The largest absolute Gasteiger partial charge is 0.282 e. The fourth-order valence-corrected chi connectivity index (χ4v) is 3.55. The van der Waals surface area contributed by atoms with Gasteiger partial charge in [0.05, 0.1) is 17.0 Å². The zero-order valence-corrected chi connectivity index (χ0v) is 15.5. The second kappa shape index (κ2) is 6.86. The molecule has 0 radical (unpaired) electrons. The third-order valence-corrected chi connectivity index (χ3v) is 5.05. The van der Waals surface area contributed by atoms with E-state index in [4.69, 9.17) is 11.6 Å². The van der Waals surface area contributed by atoms with E-state index in [1.54, 1.807) is 0 Å². The molecule has 0 aliphatic carbocycles. The van der Waals surface area contributed by atoms with Gasteiger partial charge in [-0.1, -0.05) is 54.1 Å². The molecule has 26 heavy (non-hydrogen) atoms. The summed E-state index contributed by atoms with van der Waals surface area (Å²) in [7, 11) is 0. The monoisotopic (exact) mass is 379 g/mol. The lowest BCUT2D eigenvalue weighted by atomic mass is 10.1. The van der Waals surface area contributed by atoms with Gasteiger partial charge in [-0.3, -0.25) is 4.79 Å². The van der Waals surface area contributed by atoms with Crippen LogP contribution in [-0.2, 0) is 4.79 Å². The Morgan fingerprint density at radius 3 is 2.54 bits per heavy atom. The van der Waals surface area contributed by atoms with Crippen LogP contribution in [0.3, 0.4) is 0 Å². The number of rotatable bonds is 3. The minimum atomic E-state index is -0.164. The Morgan fingerprint density at radius 1 is 1.08 bits per heavy atom. The van der Waals surface area contributed by atoms with Crippen molar-refractivity contribution in [3.8, 4) is 11.3 Å². The van der Waals surface area contributed by atoms with E-state index in [1.807, 2.05) is 73.0 Å². The van der Waals surface area contributed by atoms with Crippen molar-refractivity contribution in [3.05, 3.63) is 76.1 Å². The zero-order valence-electron chi connectivity index (χ0n) is 13.9. The number of anilines is 1. The molecule has 6 heteroatoms. The Balaban J connectivity index is 1.63. The number of aromatic nitrogens is 1. The van der Waals surface area contributed by atoms with Crippen molar-refractivity contribution in [3.63, 3.8) is 0 Å². The molecule has 0 bridgehead atoms. The normalized spacial score (nSPS) is 15.6. The van der Waals surface area contributed by atoms with Gasteiger partial charge in [0, 0.05) is 16.0 Å². The van der Waals surface area contributed by atoms with Gasteiger partial charge in [-0.2, -0.15) is 10.1 Å². The Labute approximate surface area is 160 Å². The van der Waals surface area contributed by atoms with Crippen LogP contribution in [0.15, 0.2) is 70.7 Å². The van der Waals surface area contributed by atoms with Gasteiger partial charge in [-0.15, -0.1) is 11.3 Å². The number of benzene rings is 2. The molecule has 0 fully saturated rings. The van der Waals surface area contributed by atoms with Crippen LogP contribution in [0.2, 0.25) is 5.02 Å². The van der Waals surface area contributed by atoms with E-state index in [1.165, 1.54) is 16.3 Å². The molecule has 1 aliphatic heterocycles. The van der Waals surface area contributed by atoms with Gasteiger partial charge in [0.1, 0.15) is 0 Å². The number of halogens is 1. The fourth-order valence-electron chi connectivity index (χ4n) is 2.64. The molecule has 4 rings (SSSR count). The second-order valence-corrected chi connectivity index (χ2v) is 7.07. The van der Waals surface area contributed by atoms with Crippen LogP contribution in [0.5, 0.6) is 0 Å². The van der Waals surface area contributed by atoms with Crippen molar-refractivity contribution >= 4 is 45.8 Å². The number of hydrogen-bond acceptors (Lipinski definition) is 4. The minimum Gasteiger partial charge on any atom is -0.267 e. The molecule has 0 atom stereocenters. The molecule has 1 aromatic heterocycles. The van der Waals surface area contributed by atoms with E-state index in [9.17, 15) is 4.79 Å². The van der Waals surface area contributed by atoms with Crippen LogP contribution in [0, 0.1) is 0 Å². The Morgan fingerprint density at radius 2 is 1.81 bits per heavy atom. The number of amides is 1. The van der Waals surface area contributed by atoms with E-state index >= 15 is 0 Å². The van der Waals surface area contributed by atoms with Crippen LogP contribution in [0.1, 0.15) is 12.5 Å². The highest BCUT2D eigenvalue weighted by Crippen LogP contribution is 2.31. The highest BCUT2D eigenvalue weighted by Gasteiger charge is 2.30. The van der Waals surface area contributed by atoms with Crippen molar-refractivity contribution in [1.82, 2.24) is 4.98 Å². The standard InChI is InChI=1S/C20H14ClN3OS/c1-13-17(11-14-5-3-2-4-6-14)19(25)24(23-13)20-22-18(12-26-20)15-7-9-16(21)10-8-15/h2-12H,1H3/b17-11-. The van der Waals surface area contributed by atoms with Crippen molar-refractivity contribution < 1.29 is 4.79 Å². The van der Waals surface area contributed by atoms with Crippen LogP contribution in [-0.4, -0.2) is 16.6 Å². The predicted molar refractivity (Wildman–Crippen MR) is 108 cm³/mol. The zero-order chi connectivity index (χ0) is 18.1. The summed E-state index contributed by atoms with van der Waals surface area (Å²) in [4.78, 5) is 17.4. The second-order valence-electron chi connectivity index (χ2n) is 5.79. The molecule has 128 valence electrons. The maximum Gasteiger partial charge on any atom is 0.282 e. The molecule has 2 heterocycles. The topological polar surface area (TPSA) is 45.6 Å². The first kappa shape index (κ1) is 16.7. The number of hydrogen-bond donors (Lipinski definition) is 0. The average Bonchev–Trinajstić information content (AvgIpc) is 3.24. The summed E-state index contributed by atoms with van der Waals surface area (Å²) < 4.78 is 0. The Hall–Kier alpha value is -2.76. The highest BCUT2D eigenvalue weighted by molar-refractivity contribution is 7.14. The number of carbonyl (C=O) groups excluding carboxylic acids is 1. The average molecular weight is 380 g/mol. The molecule has 1 amide bonds. The molecule has 0 spiro atoms. The molecular formula is C20H14ClN3OS. The van der Waals surface area contributed by atoms with E-state index in [0.717, 1.165) is 16.8 Å². The molecule has 4 nitrogen and oxygen atoms in total. The van der Waals surface area contributed by atoms with Crippen molar-refractivity contribution in [2.45, 2.75) is 6.92 Å². The summed E-state index contributed by atoms with van der Waals surface area (Å²) in [5, 5.41) is 8.91. The number of thiazole rings is 1. The summed E-state index contributed by atoms with van der Waals surface area (Å²) >= 11 is 7.32. The highest BCUT2D eigenvalue weighted by atomic mass is 35.5. The van der Waals surface area contributed by atoms with Gasteiger partial charge in [0.15, 0.2) is 0 Å². The van der Waals surface area contributed by atoms with Gasteiger partial charge in [0.25, 0.3) is 5.91 Å². The van der Waals surface area contributed by atoms with Gasteiger partial charge in [-0.05, 0) is 30.7 Å². The summed E-state index contributed by atoms with van der Waals surface area (Å²) in [6.07, 6.45) is 1.86. The summed E-state index contributed by atoms with van der Waals surface area (Å²) in [6.45, 7) is 1.83. The van der Waals surface area contributed by atoms with Gasteiger partial charge in [0.2, 0.25) is 5.13 Å². The molecule has 2 aromatic carbocycles. The Kier molecular flexibility index (Phi) is 4.41. The SMILES string of the molecule is CC1=NN(c2nc(-c3ccc(Cl)cc3)cs2)C(=O)/C1=C\c1ccccc1. The minimum absolute atomic E-state index is 0.164. The summed E-state index contributed by atoms with van der Waals surface area (Å²) in [5.41, 5.74) is 3.97. The first-order chi connectivity index (χ1) is 12.6. The first-order valence-corrected chi connectivity index (χ1v) is 9.26. The smallest absolute Gasteiger partial charge is 0.267 e. The van der Waals surface area contributed by atoms with Crippen molar-refractivity contribution in [2.24, 2.45) is 5.10 Å². The molecular weight excluding hydrogens is 366 g/mol. The van der Waals surface area contributed by atoms with Gasteiger partial charge >= 0.3 is 0 Å². The van der Waals surface area contributed by atoms with Crippen LogP contribution < -0.4 is 5.01 Å². The van der Waals surface area contributed by atoms with E-state index < -0.39 is 0 Å². The summed E-state index contributed by atoms with van der Waals surface area (Å²) in [6, 6.07) is 17.2. The van der Waals surface area contributed by atoms with Crippen LogP contribution in [0.4, 0.5) is 5.13 Å². The van der Waals surface area contributed by atoms with Crippen LogP contribution in [0.25, 0.3) is 17.3 Å². The van der Waals surface area contributed by atoms with Crippen molar-refractivity contribution in [1.29, 1.82) is 0 Å². The van der Waals surface area contributed by atoms with E-state index in [0.29, 0.717) is 21.4 Å². The lowest BCUT2D eigenvalue weighted by Gasteiger charge is -2.06. The number of nitrogens with zero attached hydrogens (tertiary/aromatic N) is 3. The predicted octanol–water partition coefficient (Wildman–Crippen LogP) is 5.27. The molecule has 3 aromatic rings. The summed E-state index contributed by atoms with van der Waals surface area (Å²) in [5.74, 6) is -0.164. The molecule has 0 saturated heterocycles. The maximum atomic E-state index is 12.8. The van der Waals surface area contributed by atoms with Crippen molar-refractivity contribution in [2.75, 3.05) is 5.01 Å². The van der Waals surface area contributed by atoms with E-state index in [-0.39, 0.29) is 5.91 Å². The third kappa shape index (κ3) is 3.19. The first-order valence-electron chi connectivity index (χ1n) is 8.00. The molecule has 0 saturated carbocycles. The lowest BCUT2D eigenvalue weighted by molar-refractivity contribution is -0.114. The number of carbonyl (C=O) groups is 1. The van der Waals surface area contributed by atoms with Gasteiger partial charge < -0.3 is 0 Å². The quantitative estimate of drug-likeness (QED) is 0.582.